The number of aromatic amines is 1. The van der Waals surface area contributed by atoms with E-state index < -0.39 is 0 Å². The minimum atomic E-state index is -0.238. The molecule has 144 valence electrons. The number of rotatable bonds is 3. The Labute approximate surface area is 166 Å². The predicted molar refractivity (Wildman–Crippen MR) is 112 cm³/mol. The first-order chi connectivity index (χ1) is 13.4. The smallest absolute Gasteiger partial charge is 0.260 e. The Morgan fingerprint density at radius 1 is 1.29 bits per heavy atom. The molecule has 0 saturated carbocycles. The molecule has 28 heavy (non-hydrogen) atoms. The number of nitrogens with zero attached hydrogens (tertiary/aromatic N) is 2. The number of phenols is 1. The zero-order valence-electron chi connectivity index (χ0n) is 15.8. The number of amides is 1. The van der Waals surface area contributed by atoms with E-state index in [0.717, 1.165) is 23.3 Å². The van der Waals surface area contributed by atoms with Crippen LogP contribution >= 0.6 is 11.3 Å². The van der Waals surface area contributed by atoms with Crippen LogP contribution in [0.5, 0.6) is 5.75 Å². The van der Waals surface area contributed by atoms with Crippen LogP contribution in [-0.4, -0.2) is 39.0 Å². The average Bonchev–Trinajstić information content (AvgIpc) is 3.28. The molecular weight excluding hydrogens is 374 g/mol. The van der Waals surface area contributed by atoms with Crippen molar-refractivity contribution in [2.45, 2.75) is 26.7 Å². The normalized spacial score (nSPS) is 14.8. The first-order valence-corrected chi connectivity index (χ1v) is 10.1. The van der Waals surface area contributed by atoms with Crippen molar-refractivity contribution in [3.63, 3.8) is 0 Å². The van der Waals surface area contributed by atoms with Gasteiger partial charge in [0.25, 0.3) is 11.5 Å². The van der Waals surface area contributed by atoms with Gasteiger partial charge < -0.3 is 15.0 Å². The van der Waals surface area contributed by atoms with E-state index >= 15 is 0 Å². The van der Waals surface area contributed by atoms with E-state index in [4.69, 9.17) is 0 Å². The predicted octanol–water partition coefficient (Wildman–Crippen LogP) is 3.47. The van der Waals surface area contributed by atoms with Gasteiger partial charge in [-0.1, -0.05) is 12.1 Å². The molecule has 2 N–H and O–H groups in total. The van der Waals surface area contributed by atoms with Gasteiger partial charge in [-0.05, 0) is 56.0 Å². The van der Waals surface area contributed by atoms with Gasteiger partial charge in [0.05, 0.1) is 11.0 Å². The van der Waals surface area contributed by atoms with Crippen LogP contribution in [0.4, 0.5) is 0 Å². The molecule has 7 heteroatoms. The quantitative estimate of drug-likeness (QED) is 0.665. The molecule has 3 aromatic rings. The van der Waals surface area contributed by atoms with Gasteiger partial charge in [-0.15, -0.1) is 11.3 Å². The van der Waals surface area contributed by atoms with Crippen molar-refractivity contribution in [1.82, 2.24) is 14.9 Å². The lowest BCUT2D eigenvalue weighted by Crippen LogP contribution is -2.29. The second-order valence-electron chi connectivity index (χ2n) is 7.03. The highest BCUT2D eigenvalue weighted by Gasteiger charge is 2.25. The number of phenolic OH excluding ortho intramolecular Hbond substituents is 1. The number of aromatic nitrogens is 2. The molecule has 0 unspecified atom stereocenters. The fourth-order valence-electron chi connectivity index (χ4n) is 3.49. The molecule has 1 saturated heterocycles. The van der Waals surface area contributed by atoms with Gasteiger partial charge in [-0.25, -0.2) is 4.98 Å². The number of aromatic hydroxyl groups is 1. The highest BCUT2D eigenvalue weighted by atomic mass is 32.1. The van der Waals surface area contributed by atoms with E-state index in [-0.39, 0.29) is 23.0 Å². The van der Waals surface area contributed by atoms with Crippen LogP contribution < -0.4 is 5.56 Å². The van der Waals surface area contributed by atoms with E-state index in [1.54, 1.807) is 35.2 Å². The Kier molecular flexibility index (Phi) is 4.77. The number of nitrogens with one attached hydrogen (secondary N) is 1. The van der Waals surface area contributed by atoms with Gasteiger partial charge in [-0.3, -0.25) is 9.59 Å². The number of thiophene rings is 1. The summed E-state index contributed by atoms with van der Waals surface area (Å²) < 4.78 is 0. The molecule has 4 rings (SSSR count). The topological polar surface area (TPSA) is 86.3 Å². The van der Waals surface area contributed by atoms with Crippen LogP contribution in [-0.2, 0) is 4.79 Å². The molecule has 0 bridgehead atoms. The maximum Gasteiger partial charge on any atom is 0.260 e. The average molecular weight is 395 g/mol. The zero-order chi connectivity index (χ0) is 19.8. The van der Waals surface area contributed by atoms with Crippen LogP contribution in [0.3, 0.4) is 0 Å². The lowest BCUT2D eigenvalue weighted by Gasteiger charge is -2.17. The highest BCUT2D eigenvalue weighted by molar-refractivity contribution is 7.18. The molecule has 6 nitrogen and oxygen atoms in total. The summed E-state index contributed by atoms with van der Waals surface area (Å²) in [6, 6.07) is 6.66. The summed E-state index contributed by atoms with van der Waals surface area (Å²) >= 11 is 1.45. The van der Waals surface area contributed by atoms with Gasteiger partial charge in [0.2, 0.25) is 0 Å². The summed E-state index contributed by atoms with van der Waals surface area (Å²) in [5, 5.41) is 10.3. The number of fused-ring (bicyclic) bond motifs is 1. The van der Waals surface area contributed by atoms with Crippen molar-refractivity contribution < 1.29 is 9.90 Å². The molecule has 1 aromatic carbocycles. The lowest BCUT2D eigenvalue weighted by atomic mass is 10.1. The number of carbonyl (C=O) groups excluding carboxylic acids is 1. The molecule has 1 fully saturated rings. The molecular formula is C21H21N3O3S. The molecule has 1 aliphatic heterocycles. The monoisotopic (exact) mass is 395 g/mol. The summed E-state index contributed by atoms with van der Waals surface area (Å²) in [5.74, 6) is 0.218. The standard InChI is InChI=1S/C21H21N3O3S/c1-12-13(2)28-20-17(12)19(26)22-18(23-20)16(21(27)24-8-3-4-9-24)11-14-6-5-7-15(25)10-14/h5-7,10-11,25H,3-4,8-9H2,1-2H3,(H,22,23,26)/b16-11+. The fourth-order valence-corrected chi connectivity index (χ4v) is 4.52. The maximum atomic E-state index is 13.2. The van der Waals surface area contributed by atoms with Crippen LogP contribution in [0.2, 0.25) is 0 Å². The Morgan fingerprint density at radius 2 is 2.04 bits per heavy atom. The number of benzene rings is 1. The first kappa shape index (κ1) is 18.4. The summed E-state index contributed by atoms with van der Waals surface area (Å²) in [5.41, 5.74) is 1.68. The van der Waals surface area contributed by atoms with Crippen molar-refractivity contribution in [3.8, 4) is 5.75 Å². The summed E-state index contributed by atoms with van der Waals surface area (Å²) in [7, 11) is 0. The molecule has 0 radical (unpaired) electrons. The molecule has 1 amide bonds. The Morgan fingerprint density at radius 3 is 2.75 bits per heavy atom. The van der Waals surface area contributed by atoms with Gasteiger partial charge >= 0.3 is 0 Å². The Hall–Kier alpha value is -2.93. The third-order valence-electron chi connectivity index (χ3n) is 5.10. The second-order valence-corrected chi connectivity index (χ2v) is 8.23. The number of hydrogen-bond donors (Lipinski definition) is 2. The summed E-state index contributed by atoms with van der Waals surface area (Å²) in [4.78, 5) is 36.8. The number of likely N-dealkylation sites (tertiary alicyclic amines) is 1. The molecule has 0 atom stereocenters. The third kappa shape index (κ3) is 3.33. The van der Waals surface area contributed by atoms with Gasteiger partial charge in [0, 0.05) is 18.0 Å². The lowest BCUT2D eigenvalue weighted by molar-refractivity contribution is -0.123. The van der Waals surface area contributed by atoms with Gasteiger partial charge in [-0.2, -0.15) is 0 Å². The van der Waals surface area contributed by atoms with Crippen molar-refractivity contribution in [3.05, 3.63) is 56.4 Å². The number of hydrogen-bond acceptors (Lipinski definition) is 5. The van der Waals surface area contributed by atoms with Gasteiger partial charge in [0.1, 0.15) is 16.4 Å². The van der Waals surface area contributed by atoms with E-state index in [0.29, 0.717) is 34.4 Å². The number of H-pyrrole nitrogens is 1. The molecule has 3 heterocycles. The minimum absolute atomic E-state index is 0.114. The molecule has 0 spiro atoms. The SMILES string of the molecule is Cc1sc2nc(/C(=C\c3cccc(O)c3)C(=O)N3CCCC3)[nH]c(=O)c2c1C. The molecule has 1 aliphatic rings. The maximum absolute atomic E-state index is 13.2. The van der Waals surface area contributed by atoms with Gasteiger partial charge in [0.15, 0.2) is 0 Å². The van der Waals surface area contributed by atoms with Crippen molar-refractivity contribution in [2.75, 3.05) is 13.1 Å². The summed E-state index contributed by atoms with van der Waals surface area (Å²) in [6.07, 6.45) is 3.62. The number of carbonyl (C=O) groups is 1. The van der Waals surface area contributed by atoms with Crippen molar-refractivity contribution in [1.29, 1.82) is 0 Å². The molecule has 0 aliphatic carbocycles. The zero-order valence-corrected chi connectivity index (χ0v) is 16.6. The minimum Gasteiger partial charge on any atom is -0.508 e. The van der Waals surface area contributed by atoms with Crippen molar-refractivity contribution in [2.24, 2.45) is 0 Å². The largest absolute Gasteiger partial charge is 0.508 e. The summed E-state index contributed by atoms with van der Waals surface area (Å²) in [6.45, 7) is 5.25. The van der Waals surface area contributed by atoms with Crippen LogP contribution in [0.15, 0.2) is 29.1 Å². The van der Waals surface area contributed by atoms with E-state index in [1.807, 2.05) is 13.8 Å². The van der Waals surface area contributed by atoms with E-state index in [2.05, 4.69) is 9.97 Å². The first-order valence-electron chi connectivity index (χ1n) is 9.24. The third-order valence-corrected chi connectivity index (χ3v) is 6.20. The van der Waals surface area contributed by atoms with Crippen LogP contribution in [0.25, 0.3) is 21.9 Å². The second kappa shape index (κ2) is 7.24. The van der Waals surface area contributed by atoms with E-state index in [1.165, 1.54) is 11.3 Å². The highest BCUT2D eigenvalue weighted by Crippen LogP contribution is 2.28. The fraction of sp³-hybridized carbons (Fsp3) is 0.286. The Bertz CT molecular complexity index is 1150. The van der Waals surface area contributed by atoms with Crippen molar-refractivity contribution >= 4 is 39.1 Å². The van der Waals surface area contributed by atoms with Crippen LogP contribution in [0, 0.1) is 13.8 Å². The Balaban J connectivity index is 1.89. The molecule has 2 aromatic heterocycles. The number of aryl methyl sites for hydroxylation is 2. The van der Waals surface area contributed by atoms with Crippen LogP contribution in [0.1, 0.15) is 34.7 Å². The van der Waals surface area contributed by atoms with E-state index in [9.17, 15) is 14.7 Å².